The number of amides is 2. The third kappa shape index (κ3) is 4.99. The summed E-state index contributed by atoms with van der Waals surface area (Å²) >= 11 is 0. The van der Waals surface area contributed by atoms with Gasteiger partial charge in [-0.2, -0.15) is 0 Å². The van der Waals surface area contributed by atoms with E-state index in [1.807, 2.05) is 48.5 Å². The molecule has 0 heterocycles. The maximum atomic E-state index is 14.2. The van der Waals surface area contributed by atoms with Gasteiger partial charge in [-0.15, -0.1) is 0 Å². The van der Waals surface area contributed by atoms with E-state index >= 15 is 0 Å². The van der Waals surface area contributed by atoms with Crippen LogP contribution in [-0.2, 0) is 14.3 Å². The fourth-order valence-corrected chi connectivity index (χ4v) is 4.17. The quantitative estimate of drug-likeness (QED) is 0.451. The van der Waals surface area contributed by atoms with Crippen LogP contribution in [0.2, 0.25) is 0 Å². The fourth-order valence-electron chi connectivity index (χ4n) is 4.17. The van der Waals surface area contributed by atoms with Crippen molar-refractivity contribution < 1.29 is 33.4 Å². The highest BCUT2D eigenvalue weighted by atomic mass is 19.1. The number of fused-ring (bicyclic) bond motifs is 3. The molecular formula is C26H23FN2O6. The molecule has 0 fully saturated rings. The lowest BCUT2D eigenvalue weighted by Gasteiger charge is -2.20. The van der Waals surface area contributed by atoms with Gasteiger partial charge in [0.05, 0.1) is 17.9 Å². The van der Waals surface area contributed by atoms with E-state index in [1.165, 1.54) is 13.2 Å². The second-order valence-corrected chi connectivity index (χ2v) is 7.93. The number of benzene rings is 3. The van der Waals surface area contributed by atoms with Gasteiger partial charge in [0.1, 0.15) is 18.5 Å². The molecule has 4 rings (SSSR count). The summed E-state index contributed by atoms with van der Waals surface area (Å²) in [6, 6.07) is 17.9. The standard InChI is InChI=1S/C26H23FN2O6/c1-34-14-22(24(30)29-23-19(25(31)32)11-6-12-21(23)27)28-26(33)35-13-20-17-9-4-2-7-15(17)16-8-3-5-10-18(16)20/h2-12,20,22H,13-14H2,1H3,(H,28,33)(H,29,30)(H,31,32). The molecule has 0 radical (unpaired) electrons. The van der Waals surface area contributed by atoms with E-state index in [0.29, 0.717) is 0 Å². The lowest BCUT2D eigenvalue weighted by molar-refractivity contribution is -0.119. The predicted molar refractivity (Wildman–Crippen MR) is 126 cm³/mol. The Morgan fingerprint density at radius 3 is 2.20 bits per heavy atom. The Kier molecular flexibility index (Phi) is 7.07. The number of anilines is 1. The summed E-state index contributed by atoms with van der Waals surface area (Å²) in [5, 5.41) is 13.9. The Hall–Kier alpha value is -4.24. The normalized spacial score (nSPS) is 12.9. The van der Waals surface area contributed by atoms with Gasteiger partial charge in [0.25, 0.3) is 0 Å². The minimum atomic E-state index is -1.41. The van der Waals surface area contributed by atoms with E-state index in [2.05, 4.69) is 10.6 Å². The van der Waals surface area contributed by atoms with Gasteiger partial charge in [-0.1, -0.05) is 54.6 Å². The van der Waals surface area contributed by atoms with E-state index < -0.39 is 41.1 Å². The van der Waals surface area contributed by atoms with Gasteiger partial charge in [0.15, 0.2) is 0 Å². The van der Waals surface area contributed by atoms with E-state index in [0.717, 1.165) is 34.4 Å². The maximum Gasteiger partial charge on any atom is 0.407 e. The van der Waals surface area contributed by atoms with Crippen LogP contribution in [0.3, 0.4) is 0 Å². The lowest BCUT2D eigenvalue weighted by atomic mass is 9.98. The minimum absolute atomic E-state index is 0.0393. The highest BCUT2D eigenvalue weighted by molar-refractivity contribution is 6.03. The molecule has 0 saturated heterocycles. The molecule has 3 aromatic rings. The van der Waals surface area contributed by atoms with Gasteiger partial charge in [0.2, 0.25) is 5.91 Å². The molecule has 1 atom stereocenters. The molecule has 0 aliphatic heterocycles. The van der Waals surface area contributed by atoms with E-state index in [1.54, 1.807) is 0 Å². The number of hydrogen-bond acceptors (Lipinski definition) is 5. The second kappa shape index (κ2) is 10.4. The molecule has 8 nitrogen and oxygen atoms in total. The topological polar surface area (TPSA) is 114 Å². The average Bonchev–Trinajstić information content (AvgIpc) is 3.17. The van der Waals surface area contributed by atoms with E-state index in [4.69, 9.17) is 9.47 Å². The van der Waals surface area contributed by atoms with Crippen LogP contribution in [0.5, 0.6) is 0 Å². The summed E-state index contributed by atoms with van der Waals surface area (Å²) in [5.74, 6) is -3.35. The average molecular weight is 478 g/mol. The van der Waals surface area contributed by atoms with Gasteiger partial charge < -0.3 is 25.2 Å². The third-order valence-corrected chi connectivity index (χ3v) is 5.78. The zero-order valence-corrected chi connectivity index (χ0v) is 18.8. The van der Waals surface area contributed by atoms with Crippen LogP contribution in [0.15, 0.2) is 66.7 Å². The Morgan fingerprint density at radius 1 is 0.971 bits per heavy atom. The van der Waals surface area contributed by atoms with Crippen LogP contribution in [-0.4, -0.2) is 49.4 Å². The van der Waals surface area contributed by atoms with Crippen LogP contribution in [0.1, 0.15) is 27.4 Å². The van der Waals surface area contributed by atoms with Crippen molar-refractivity contribution in [1.29, 1.82) is 0 Å². The van der Waals surface area contributed by atoms with Crippen molar-refractivity contribution in [1.82, 2.24) is 5.32 Å². The highest BCUT2D eigenvalue weighted by Gasteiger charge is 2.30. The van der Waals surface area contributed by atoms with Crippen LogP contribution < -0.4 is 10.6 Å². The van der Waals surface area contributed by atoms with Crippen molar-refractivity contribution in [3.05, 3.63) is 89.2 Å². The minimum Gasteiger partial charge on any atom is -0.478 e. The number of carbonyl (C=O) groups excluding carboxylic acids is 2. The molecule has 1 unspecified atom stereocenters. The predicted octanol–water partition coefficient (Wildman–Crippen LogP) is 4.02. The van der Waals surface area contributed by atoms with Gasteiger partial charge in [-0.25, -0.2) is 14.0 Å². The zero-order valence-electron chi connectivity index (χ0n) is 18.8. The first-order valence-electron chi connectivity index (χ1n) is 10.8. The van der Waals surface area contributed by atoms with Crippen molar-refractivity contribution in [2.75, 3.05) is 25.6 Å². The molecule has 0 aromatic heterocycles. The number of carboxylic acid groups (broad SMARTS) is 1. The van der Waals surface area contributed by atoms with Gasteiger partial charge >= 0.3 is 12.1 Å². The lowest BCUT2D eigenvalue weighted by Crippen LogP contribution is -2.47. The monoisotopic (exact) mass is 478 g/mol. The molecule has 3 aromatic carbocycles. The van der Waals surface area contributed by atoms with Crippen LogP contribution in [0.4, 0.5) is 14.9 Å². The number of methoxy groups -OCH3 is 1. The number of nitrogens with one attached hydrogen (secondary N) is 2. The van der Waals surface area contributed by atoms with Gasteiger partial charge in [0, 0.05) is 13.0 Å². The molecule has 0 spiro atoms. The summed E-state index contributed by atoms with van der Waals surface area (Å²) in [7, 11) is 1.32. The van der Waals surface area contributed by atoms with Crippen molar-refractivity contribution in [2.24, 2.45) is 0 Å². The summed E-state index contributed by atoms with van der Waals surface area (Å²) < 4.78 is 24.6. The summed E-state index contributed by atoms with van der Waals surface area (Å²) in [6.45, 7) is -0.204. The molecule has 0 bridgehead atoms. The number of halogens is 1. The molecule has 1 aliphatic carbocycles. The summed E-state index contributed by atoms with van der Waals surface area (Å²) in [4.78, 5) is 36.7. The second-order valence-electron chi connectivity index (χ2n) is 7.93. The van der Waals surface area contributed by atoms with Crippen molar-refractivity contribution >= 4 is 23.7 Å². The summed E-state index contributed by atoms with van der Waals surface area (Å²) in [5.41, 5.74) is 3.30. The molecular weight excluding hydrogens is 455 g/mol. The number of hydrogen-bond donors (Lipinski definition) is 3. The first-order valence-corrected chi connectivity index (χ1v) is 10.8. The SMILES string of the molecule is COCC(NC(=O)OCC1c2ccccc2-c2ccccc21)C(=O)Nc1c(F)cccc1C(=O)O. The number of rotatable bonds is 8. The molecule has 1 aliphatic rings. The first-order chi connectivity index (χ1) is 16.9. The molecule has 9 heteroatoms. The highest BCUT2D eigenvalue weighted by Crippen LogP contribution is 2.44. The first kappa shape index (κ1) is 23.9. The Balaban J connectivity index is 1.44. The van der Waals surface area contributed by atoms with Crippen molar-refractivity contribution in [3.8, 4) is 11.1 Å². The molecule has 180 valence electrons. The Bertz CT molecular complexity index is 1230. The van der Waals surface area contributed by atoms with Gasteiger partial charge in [-0.05, 0) is 34.4 Å². The Morgan fingerprint density at radius 2 is 1.60 bits per heavy atom. The number of ether oxygens (including phenoxy) is 2. The van der Waals surface area contributed by atoms with Crippen LogP contribution in [0.25, 0.3) is 11.1 Å². The zero-order chi connectivity index (χ0) is 24.9. The number of para-hydroxylation sites is 1. The van der Waals surface area contributed by atoms with E-state index in [-0.39, 0.29) is 19.1 Å². The van der Waals surface area contributed by atoms with Crippen molar-refractivity contribution in [2.45, 2.75) is 12.0 Å². The smallest absolute Gasteiger partial charge is 0.407 e. The van der Waals surface area contributed by atoms with Crippen LogP contribution >= 0.6 is 0 Å². The fraction of sp³-hybridized carbons (Fsp3) is 0.192. The largest absolute Gasteiger partial charge is 0.478 e. The molecule has 2 amide bonds. The maximum absolute atomic E-state index is 14.2. The van der Waals surface area contributed by atoms with Crippen molar-refractivity contribution in [3.63, 3.8) is 0 Å². The van der Waals surface area contributed by atoms with E-state index in [9.17, 15) is 23.9 Å². The molecule has 3 N–H and O–H groups in total. The number of carbonyl (C=O) groups is 3. The summed E-state index contributed by atoms with van der Waals surface area (Å²) in [6.07, 6.45) is -0.865. The van der Waals surface area contributed by atoms with Crippen LogP contribution in [0, 0.1) is 5.82 Å². The third-order valence-electron chi connectivity index (χ3n) is 5.78. The molecule has 0 saturated carbocycles. The van der Waals surface area contributed by atoms with Gasteiger partial charge in [-0.3, -0.25) is 4.79 Å². The number of alkyl carbamates (subject to hydrolysis) is 1. The Labute approximate surface area is 200 Å². The number of aromatic carboxylic acids is 1. The number of carboxylic acids is 1. The molecule has 35 heavy (non-hydrogen) atoms.